The average molecular weight is 271 g/mol. The second kappa shape index (κ2) is 5.05. The van der Waals surface area contributed by atoms with Crippen molar-refractivity contribution < 1.29 is 22.7 Å². The molecule has 0 aliphatic heterocycles. The van der Waals surface area contributed by atoms with Crippen LogP contribution in [0.15, 0.2) is 34.9 Å². The molecule has 19 heavy (non-hydrogen) atoms. The maximum atomic E-state index is 12.6. The van der Waals surface area contributed by atoms with Crippen molar-refractivity contribution in [2.75, 3.05) is 6.61 Å². The Labute approximate surface area is 107 Å². The number of aliphatic hydroxyl groups excluding tert-OH is 1. The van der Waals surface area contributed by atoms with E-state index < -0.39 is 11.7 Å². The van der Waals surface area contributed by atoms with Gasteiger partial charge in [0.15, 0.2) is 0 Å². The third-order valence-electron chi connectivity index (χ3n) is 2.74. The second-order valence-electron chi connectivity index (χ2n) is 4.24. The first-order chi connectivity index (χ1) is 8.91. The first-order valence-corrected chi connectivity index (χ1v) is 5.65. The van der Waals surface area contributed by atoms with Crippen LogP contribution in [-0.2, 0) is 6.18 Å². The van der Waals surface area contributed by atoms with Crippen LogP contribution in [0.3, 0.4) is 0 Å². The molecule has 0 amide bonds. The van der Waals surface area contributed by atoms with Gasteiger partial charge in [0, 0.05) is 11.5 Å². The van der Waals surface area contributed by atoms with Crippen molar-refractivity contribution in [3.05, 3.63) is 41.8 Å². The number of hydrogen-bond acceptors (Lipinski definition) is 3. The van der Waals surface area contributed by atoms with E-state index in [0.717, 1.165) is 12.1 Å². The van der Waals surface area contributed by atoms with Crippen molar-refractivity contribution in [3.63, 3.8) is 0 Å². The normalized spacial score (nSPS) is 13.5. The van der Waals surface area contributed by atoms with E-state index in [0.29, 0.717) is 5.69 Å². The highest BCUT2D eigenvalue weighted by molar-refractivity contribution is 5.55. The summed E-state index contributed by atoms with van der Waals surface area (Å²) in [5.74, 6) is -0.107. The average Bonchev–Trinajstić information content (AvgIpc) is 2.86. The van der Waals surface area contributed by atoms with Gasteiger partial charge in [0.25, 0.3) is 0 Å². The number of benzene rings is 1. The third kappa shape index (κ3) is 2.96. The molecule has 0 fully saturated rings. The maximum absolute atomic E-state index is 12.6. The van der Waals surface area contributed by atoms with E-state index in [2.05, 4.69) is 4.98 Å². The van der Waals surface area contributed by atoms with Crippen LogP contribution in [0.25, 0.3) is 11.5 Å². The first-order valence-electron chi connectivity index (χ1n) is 5.65. The lowest BCUT2D eigenvalue weighted by atomic mass is 10.1. The van der Waals surface area contributed by atoms with Gasteiger partial charge in [0.2, 0.25) is 5.89 Å². The highest BCUT2D eigenvalue weighted by Crippen LogP contribution is 2.32. The molecule has 0 bridgehead atoms. The smallest absolute Gasteiger partial charge is 0.416 e. The zero-order valence-corrected chi connectivity index (χ0v) is 10.1. The summed E-state index contributed by atoms with van der Waals surface area (Å²) >= 11 is 0. The van der Waals surface area contributed by atoms with Gasteiger partial charge < -0.3 is 9.52 Å². The maximum Gasteiger partial charge on any atom is 0.416 e. The Kier molecular flexibility index (Phi) is 3.61. The molecule has 1 heterocycles. The lowest BCUT2D eigenvalue weighted by Crippen LogP contribution is -2.04. The van der Waals surface area contributed by atoms with Crippen LogP contribution in [-0.4, -0.2) is 16.7 Å². The third-order valence-corrected chi connectivity index (χ3v) is 2.74. The van der Waals surface area contributed by atoms with E-state index in [1.165, 1.54) is 18.4 Å². The molecule has 3 nitrogen and oxygen atoms in total. The van der Waals surface area contributed by atoms with E-state index >= 15 is 0 Å². The van der Waals surface area contributed by atoms with Crippen molar-refractivity contribution in [2.24, 2.45) is 0 Å². The van der Waals surface area contributed by atoms with Crippen molar-refractivity contribution in [3.8, 4) is 11.5 Å². The SMILES string of the molecule is CC(CO)c1coc(-c2cccc(C(F)(F)F)c2)n1. The minimum atomic E-state index is -4.40. The molecule has 1 N–H and O–H groups in total. The Morgan fingerprint density at radius 1 is 1.37 bits per heavy atom. The molecule has 2 aromatic rings. The van der Waals surface area contributed by atoms with Gasteiger partial charge in [-0.15, -0.1) is 0 Å². The summed E-state index contributed by atoms with van der Waals surface area (Å²) in [7, 11) is 0. The van der Waals surface area contributed by atoms with E-state index in [1.807, 2.05) is 0 Å². The van der Waals surface area contributed by atoms with Crippen LogP contribution in [0.4, 0.5) is 13.2 Å². The first kappa shape index (κ1) is 13.6. The Morgan fingerprint density at radius 2 is 2.11 bits per heavy atom. The minimum absolute atomic E-state index is 0.103. The van der Waals surface area contributed by atoms with Crippen LogP contribution < -0.4 is 0 Å². The molecule has 6 heteroatoms. The Hall–Kier alpha value is -1.82. The summed E-state index contributed by atoms with van der Waals surface area (Å²) in [5.41, 5.74) is 0.0149. The molecule has 1 unspecified atom stereocenters. The van der Waals surface area contributed by atoms with E-state index in [1.54, 1.807) is 6.92 Å². The predicted molar refractivity (Wildman–Crippen MR) is 62.4 cm³/mol. The standard InChI is InChI=1S/C13H12F3NO2/c1-8(6-18)11-7-19-12(17-11)9-3-2-4-10(5-9)13(14,15)16/h2-5,7-8,18H,6H2,1H3. The van der Waals surface area contributed by atoms with Gasteiger partial charge in [-0.1, -0.05) is 13.0 Å². The molecule has 0 saturated heterocycles. The number of aromatic nitrogens is 1. The van der Waals surface area contributed by atoms with E-state index in [4.69, 9.17) is 9.52 Å². The van der Waals surface area contributed by atoms with Crippen molar-refractivity contribution in [1.82, 2.24) is 4.98 Å². The van der Waals surface area contributed by atoms with Gasteiger partial charge >= 0.3 is 6.18 Å². The van der Waals surface area contributed by atoms with Gasteiger partial charge in [0.1, 0.15) is 6.26 Å². The summed E-state index contributed by atoms with van der Waals surface area (Å²) in [5, 5.41) is 8.99. The van der Waals surface area contributed by atoms with Gasteiger partial charge in [-0.05, 0) is 18.2 Å². The Morgan fingerprint density at radius 3 is 2.74 bits per heavy atom. The van der Waals surface area contributed by atoms with Gasteiger partial charge in [-0.25, -0.2) is 4.98 Å². The number of aliphatic hydroxyl groups is 1. The summed E-state index contributed by atoms with van der Waals surface area (Å²) in [6, 6.07) is 4.77. The number of hydrogen-bond donors (Lipinski definition) is 1. The minimum Gasteiger partial charge on any atom is -0.444 e. The molecule has 1 aromatic heterocycles. The van der Waals surface area contributed by atoms with E-state index in [9.17, 15) is 13.2 Å². The molecule has 0 aliphatic rings. The summed E-state index contributed by atoms with van der Waals surface area (Å²) in [6.07, 6.45) is -3.06. The Balaban J connectivity index is 2.34. The van der Waals surface area contributed by atoms with Crippen molar-refractivity contribution in [2.45, 2.75) is 19.0 Å². The summed E-state index contributed by atoms with van der Waals surface area (Å²) < 4.78 is 42.9. The Bertz CT molecular complexity index is 563. The van der Waals surface area contributed by atoms with Crippen LogP contribution in [0.5, 0.6) is 0 Å². The molecule has 0 radical (unpaired) electrons. The van der Waals surface area contributed by atoms with Crippen molar-refractivity contribution in [1.29, 1.82) is 0 Å². The van der Waals surface area contributed by atoms with Crippen LogP contribution >= 0.6 is 0 Å². The predicted octanol–water partition coefficient (Wildman–Crippen LogP) is 3.46. The number of halogens is 3. The van der Waals surface area contributed by atoms with Gasteiger partial charge in [-0.2, -0.15) is 13.2 Å². The molecule has 0 saturated carbocycles. The summed E-state index contributed by atoms with van der Waals surface area (Å²) in [4.78, 5) is 4.08. The zero-order valence-electron chi connectivity index (χ0n) is 10.1. The highest BCUT2D eigenvalue weighted by Gasteiger charge is 2.30. The highest BCUT2D eigenvalue weighted by atomic mass is 19.4. The molecule has 0 aliphatic carbocycles. The van der Waals surface area contributed by atoms with Crippen LogP contribution in [0.2, 0.25) is 0 Å². The topological polar surface area (TPSA) is 46.3 Å². The second-order valence-corrected chi connectivity index (χ2v) is 4.24. The van der Waals surface area contributed by atoms with Crippen LogP contribution in [0, 0.1) is 0 Å². The fourth-order valence-corrected chi connectivity index (χ4v) is 1.57. The quantitative estimate of drug-likeness (QED) is 0.929. The zero-order chi connectivity index (χ0) is 14.0. The molecule has 0 spiro atoms. The molecule has 2 rings (SSSR count). The van der Waals surface area contributed by atoms with Gasteiger partial charge in [0.05, 0.1) is 17.9 Å². The number of oxazole rings is 1. The number of nitrogens with zero attached hydrogens (tertiary/aromatic N) is 1. The van der Waals surface area contributed by atoms with E-state index in [-0.39, 0.29) is 24.0 Å². The fraction of sp³-hybridized carbons (Fsp3) is 0.308. The lowest BCUT2D eigenvalue weighted by molar-refractivity contribution is -0.137. The molecule has 1 atom stereocenters. The fourth-order valence-electron chi connectivity index (χ4n) is 1.57. The monoisotopic (exact) mass is 271 g/mol. The number of rotatable bonds is 3. The lowest BCUT2D eigenvalue weighted by Gasteiger charge is -2.06. The van der Waals surface area contributed by atoms with Crippen molar-refractivity contribution >= 4 is 0 Å². The van der Waals surface area contributed by atoms with Crippen LogP contribution in [0.1, 0.15) is 24.1 Å². The summed E-state index contributed by atoms with van der Waals surface area (Å²) in [6.45, 7) is 1.64. The largest absolute Gasteiger partial charge is 0.444 e. The molecular formula is C13H12F3NO2. The number of alkyl halides is 3. The van der Waals surface area contributed by atoms with Gasteiger partial charge in [-0.3, -0.25) is 0 Å². The molecule has 102 valence electrons. The molecular weight excluding hydrogens is 259 g/mol. The molecule has 1 aromatic carbocycles.